The van der Waals surface area contributed by atoms with E-state index in [0.717, 1.165) is 0 Å². The summed E-state index contributed by atoms with van der Waals surface area (Å²) in [4.78, 5) is 22.1. The molecular weight excluding hydrogens is 290 g/mol. The molecule has 0 aliphatic rings. The third-order valence-corrected chi connectivity index (χ3v) is 2.65. The van der Waals surface area contributed by atoms with Crippen LogP contribution >= 0.6 is 15.9 Å². The van der Waals surface area contributed by atoms with E-state index in [1.165, 1.54) is 18.2 Å². The number of halogens is 1. The average molecular weight is 300 g/mol. The van der Waals surface area contributed by atoms with Crippen molar-refractivity contribution in [2.24, 2.45) is 0 Å². The van der Waals surface area contributed by atoms with Gasteiger partial charge in [-0.3, -0.25) is 5.32 Å². The minimum atomic E-state index is -1.08. The van der Waals surface area contributed by atoms with E-state index in [4.69, 9.17) is 9.84 Å². The van der Waals surface area contributed by atoms with Crippen LogP contribution in [0, 0.1) is 0 Å². The van der Waals surface area contributed by atoms with Gasteiger partial charge in [-0.1, -0.05) is 18.7 Å². The number of ether oxygens (including phenoxy) is 1. The van der Waals surface area contributed by atoms with Gasteiger partial charge in [-0.05, 0) is 28.1 Å². The Bertz CT molecular complexity index is 459. The fourth-order valence-electron chi connectivity index (χ4n) is 1.07. The topological polar surface area (TPSA) is 75.6 Å². The third-order valence-electron chi connectivity index (χ3n) is 1.80. The summed E-state index contributed by atoms with van der Waals surface area (Å²) in [5.41, 5.74) is 0.394. The number of nitrogens with one attached hydrogen (secondary N) is 1. The van der Waals surface area contributed by atoms with Crippen LogP contribution in [0.3, 0.4) is 0 Å². The van der Waals surface area contributed by atoms with Crippen molar-refractivity contribution >= 4 is 33.7 Å². The van der Waals surface area contributed by atoms with Crippen molar-refractivity contribution in [3.8, 4) is 0 Å². The van der Waals surface area contributed by atoms with Crippen LogP contribution in [0.4, 0.5) is 10.5 Å². The maximum atomic E-state index is 11.3. The van der Waals surface area contributed by atoms with Crippen LogP contribution in [0.15, 0.2) is 35.3 Å². The van der Waals surface area contributed by atoms with E-state index in [9.17, 15) is 9.59 Å². The summed E-state index contributed by atoms with van der Waals surface area (Å²) in [6.45, 7) is 3.49. The molecule has 0 radical (unpaired) electrons. The van der Waals surface area contributed by atoms with Gasteiger partial charge in [0.25, 0.3) is 0 Å². The van der Waals surface area contributed by atoms with Gasteiger partial charge < -0.3 is 9.84 Å². The Morgan fingerprint density at radius 1 is 1.53 bits per heavy atom. The molecule has 1 rings (SSSR count). The lowest BCUT2D eigenvalue weighted by Gasteiger charge is -2.08. The number of carbonyl (C=O) groups excluding carboxylic acids is 1. The maximum Gasteiger partial charge on any atom is 0.411 e. The molecule has 1 aromatic rings. The van der Waals surface area contributed by atoms with Crippen molar-refractivity contribution in [3.05, 3.63) is 40.9 Å². The van der Waals surface area contributed by atoms with Gasteiger partial charge in [0, 0.05) is 0 Å². The highest BCUT2D eigenvalue weighted by Gasteiger charge is 2.13. The molecule has 0 aliphatic heterocycles. The molecule has 90 valence electrons. The molecule has 17 heavy (non-hydrogen) atoms. The fraction of sp³-hybridized carbons (Fsp3) is 0.0909. The van der Waals surface area contributed by atoms with Gasteiger partial charge in [-0.15, -0.1) is 0 Å². The van der Waals surface area contributed by atoms with E-state index < -0.39 is 12.1 Å². The second kappa shape index (κ2) is 6.05. The highest BCUT2D eigenvalue weighted by molar-refractivity contribution is 9.10. The predicted octanol–water partition coefficient (Wildman–Crippen LogP) is 2.88. The molecule has 5 nitrogen and oxygen atoms in total. The average Bonchev–Trinajstić information content (AvgIpc) is 2.28. The van der Waals surface area contributed by atoms with E-state index in [1.54, 1.807) is 6.07 Å². The van der Waals surface area contributed by atoms with Gasteiger partial charge in [-0.25, -0.2) is 9.59 Å². The first kappa shape index (κ1) is 13.2. The van der Waals surface area contributed by atoms with Crippen molar-refractivity contribution in [2.45, 2.75) is 0 Å². The number of aromatic carboxylic acids is 1. The van der Waals surface area contributed by atoms with Crippen molar-refractivity contribution in [2.75, 3.05) is 11.9 Å². The Morgan fingerprint density at radius 3 is 2.82 bits per heavy atom. The fourth-order valence-corrected chi connectivity index (χ4v) is 1.61. The summed E-state index contributed by atoms with van der Waals surface area (Å²) < 4.78 is 5.01. The van der Waals surface area contributed by atoms with Crippen LogP contribution in [-0.2, 0) is 4.74 Å². The van der Waals surface area contributed by atoms with Crippen LogP contribution in [-0.4, -0.2) is 23.8 Å². The summed E-state index contributed by atoms with van der Waals surface area (Å²) in [6, 6.07) is 4.51. The van der Waals surface area contributed by atoms with Gasteiger partial charge in [-0.2, -0.15) is 0 Å². The van der Waals surface area contributed by atoms with Crippen molar-refractivity contribution < 1.29 is 19.4 Å². The third kappa shape index (κ3) is 3.60. The molecule has 0 atom stereocenters. The maximum absolute atomic E-state index is 11.3. The Labute approximate surface area is 106 Å². The molecule has 0 fully saturated rings. The number of amides is 1. The Morgan fingerprint density at radius 2 is 2.24 bits per heavy atom. The zero-order chi connectivity index (χ0) is 12.8. The summed E-state index contributed by atoms with van der Waals surface area (Å²) in [5.74, 6) is -1.08. The molecule has 0 spiro atoms. The molecular formula is C11H10BrNO4. The summed E-state index contributed by atoms with van der Waals surface area (Å²) in [5, 5.41) is 11.3. The smallest absolute Gasteiger partial charge is 0.411 e. The molecule has 1 aromatic carbocycles. The van der Waals surface area contributed by atoms with E-state index >= 15 is 0 Å². The minimum absolute atomic E-state index is 0.0616. The van der Waals surface area contributed by atoms with Gasteiger partial charge in [0.2, 0.25) is 0 Å². The molecule has 0 saturated carbocycles. The molecule has 0 aromatic heterocycles. The quantitative estimate of drug-likeness (QED) is 0.838. The van der Waals surface area contributed by atoms with Gasteiger partial charge in [0.15, 0.2) is 0 Å². The SMILES string of the molecule is C=CCOC(=O)Nc1cccc(C(=O)O)c1Br. The summed E-state index contributed by atoms with van der Waals surface area (Å²) >= 11 is 3.11. The minimum Gasteiger partial charge on any atom is -0.478 e. The van der Waals surface area contributed by atoms with Crippen molar-refractivity contribution in [1.29, 1.82) is 0 Å². The molecule has 2 N–H and O–H groups in total. The first-order valence-electron chi connectivity index (χ1n) is 4.62. The number of carboxylic acids is 1. The molecule has 0 saturated heterocycles. The molecule has 0 aliphatic carbocycles. The number of rotatable bonds is 4. The van der Waals surface area contributed by atoms with E-state index in [0.29, 0.717) is 10.2 Å². The molecule has 0 unspecified atom stereocenters. The number of benzene rings is 1. The first-order chi connectivity index (χ1) is 8.06. The predicted molar refractivity (Wildman–Crippen MR) is 66.3 cm³/mol. The lowest BCUT2D eigenvalue weighted by Crippen LogP contribution is -2.14. The Balaban J connectivity index is 2.85. The zero-order valence-corrected chi connectivity index (χ0v) is 10.4. The monoisotopic (exact) mass is 299 g/mol. The second-order valence-corrected chi connectivity index (χ2v) is 3.78. The highest BCUT2D eigenvalue weighted by atomic mass is 79.9. The summed E-state index contributed by atoms with van der Waals surface area (Å²) in [6.07, 6.45) is 0.760. The number of carboxylic acid groups (broad SMARTS) is 1. The van der Waals surface area contributed by atoms with Crippen LogP contribution in [0.2, 0.25) is 0 Å². The largest absolute Gasteiger partial charge is 0.478 e. The Kier molecular flexibility index (Phi) is 4.71. The number of carbonyl (C=O) groups is 2. The molecule has 6 heteroatoms. The lowest BCUT2D eigenvalue weighted by molar-refractivity contribution is 0.0696. The van der Waals surface area contributed by atoms with Crippen LogP contribution in [0.1, 0.15) is 10.4 Å². The van der Waals surface area contributed by atoms with E-state index in [-0.39, 0.29) is 12.2 Å². The second-order valence-electron chi connectivity index (χ2n) is 2.98. The van der Waals surface area contributed by atoms with Crippen molar-refractivity contribution in [3.63, 3.8) is 0 Å². The van der Waals surface area contributed by atoms with Gasteiger partial charge >= 0.3 is 12.1 Å². The zero-order valence-electron chi connectivity index (χ0n) is 8.77. The lowest BCUT2D eigenvalue weighted by atomic mass is 10.2. The molecule has 1 amide bonds. The van der Waals surface area contributed by atoms with E-state index in [2.05, 4.69) is 27.8 Å². The highest BCUT2D eigenvalue weighted by Crippen LogP contribution is 2.26. The van der Waals surface area contributed by atoms with Crippen molar-refractivity contribution in [1.82, 2.24) is 0 Å². The molecule has 0 heterocycles. The number of anilines is 1. The first-order valence-corrected chi connectivity index (χ1v) is 5.42. The van der Waals surface area contributed by atoms with Crippen LogP contribution in [0.5, 0.6) is 0 Å². The summed E-state index contributed by atoms with van der Waals surface area (Å²) in [7, 11) is 0. The van der Waals surface area contributed by atoms with E-state index in [1.807, 2.05) is 0 Å². The standard InChI is InChI=1S/C11H10BrNO4/c1-2-6-17-11(16)13-8-5-3-4-7(9(8)12)10(14)15/h2-5H,1,6H2,(H,13,16)(H,14,15). The molecule has 0 bridgehead atoms. The van der Waals surface area contributed by atoms with Gasteiger partial charge in [0.1, 0.15) is 6.61 Å². The van der Waals surface area contributed by atoms with Crippen LogP contribution < -0.4 is 5.32 Å². The van der Waals surface area contributed by atoms with Crippen LogP contribution in [0.25, 0.3) is 0 Å². The Hall–Kier alpha value is -1.82. The number of hydrogen-bond acceptors (Lipinski definition) is 3. The normalized spacial score (nSPS) is 9.47. The number of hydrogen-bond donors (Lipinski definition) is 2. The van der Waals surface area contributed by atoms with Gasteiger partial charge in [0.05, 0.1) is 15.7 Å².